The Kier molecular flexibility index (Phi) is 2.74. The van der Waals surface area contributed by atoms with E-state index in [9.17, 15) is 4.79 Å². The molecule has 0 fully saturated rings. The fourth-order valence-corrected chi connectivity index (χ4v) is 0.784. The van der Waals surface area contributed by atoms with Gasteiger partial charge in [0.1, 0.15) is 6.61 Å². The van der Waals surface area contributed by atoms with E-state index in [1.165, 1.54) is 0 Å². The van der Waals surface area contributed by atoms with Gasteiger partial charge in [-0.25, -0.2) is 0 Å². The highest BCUT2D eigenvalue weighted by atomic mass is 16.3. The zero-order valence-electron chi connectivity index (χ0n) is 6.03. The Hall–Kier alpha value is -1.22. The molecular weight excluding hydrogens is 142 g/mol. The van der Waals surface area contributed by atoms with Gasteiger partial charge in [0, 0.05) is 18.8 Å². The zero-order chi connectivity index (χ0) is 8.10. The van der Waals surface area contributed by atoms with Crippen molar-refractivity contribution in [3.63, 3.8) is 0 Å². The second-order valence-electron chi connectivity index (χ2n) is 2.23. The number of Topliss-reactive ketones (excluding diaryl/α,β-unsaturated/α-hetero) is 1. The molecule has 0 bridgehead atoms. The molecule has 0 aliphatic rings. The lowest BCUT2D eigenvalue weighted by Gasteiger charge is -1.95. The van der Waals surface area contributed by atoms with Gasteiger partial charge in [0.2, 0.25) is 0 Å². The third kappa shape index (κ3) is 2.47. The topological polar surface area (TPSA) is 50.2 Å². The van der Waals surface area contributed by atoms with Crippen LogP contribution in [0.25, 0.3) is 0 Å². The minimum Gasteiger partial charge on any atom is -0.389 e. The SMILES string of the molecule is O=C(CO)Cc1ccncc1. The lowest BCUT2D eigenvalue weighted by molar-refractivity contribution is -0.121. The van der Waals surface area contributed by atoms with E-state index in [4.69, 9.17) is 5.11 Å². The molecule has 3 nitrogen and oxygen atoms in total. The lowest BCUT2D eigenvalue weighted by atomic mass is 10.1. The molecule has 0 aromatic carbocycles. The Bertz CT molecular complexity index is 233. The summed E-state index contributed by atoms with van der Waals surface area (Å²) in [6.07, 6.45) is 3.54. The Morgan fingerprint density at radius 1 is 1.45 bits per heavy atom. The summed E-state index contributed by atoms with van der Waals surface area (Å²) < 4.78 is 0. The summed E-state index contributed by atoms with van der Waals surface area (Å²) in [5, 5.41) is 8.43. The molecule has 0 amide bonds. The zero-order valence-corrected chi connectivity index (χ0v) is 6.03. The lowest BCUT2D eigenvalue weighted by Crippen LogP contribution is -2.06. The van der Waals surface area contributed by atoms with E-state index >= 15 is 0 Å². The van der Waals surface area contributed by atoms with E-state index in [0.29, 0.717) is 6.42 Å². The van der Waals surface area contributed by atoms with Gasteiger partial charge in [-0.05, 0) is 17.7 Å². The Labute approximate surface area is 64.7 Å². The van der Waals surface area contributed by atoms with Gasteiger partial charge in [0.05, 0.1) is 0 Å². The highest BCUT2D eigenvalue weighted by Gasteiger charge is 1.99. The van der Waals surface area contributed by atoms with E-state index < -0.39 is 0 Å². The van der Waals surface area contributed by atoms with Gasteiger partial charge in [-0.15, -0.1) is 0 Å². The molecule has 3 heteroatoms. The first-order chi connectivity index (χ1) is 5.33. The van der Waals surface area contributed by atoms with Crippen LogP contribution in [0.15, 0.2) is 24.5 Å². The first-order valence-corrected chi connectivity index (χ1v) is 3.34. The number of carbonyl (C=O) groups excluding carboxylic acids is 1. The van der Waals surface area contributed by atoms with Gasteiger partial charge < -0.3 is 5.11 Å². The highest BCUT2D eigenvalue weighted by molar-refractivity contribution is 5.81. The maximum absolute atomic E-state index is 10.7. The molecule has 1 N–H and O–H groups in total. The smallest absolute Gasteiger partial charge is 0.162 e. The van der Waals surface area contributed by atoms with Crippen molar-refractivity contribution < 1.29 is 9.90 Å². The molecule has 0 saturated carbocycles. The molecule has 0 radical (unpaired) electrons. The van der Waals surface area contributed by atoms with Crippen LogP contribution in [0.4, 0.5) is 0 Å². The maximum Gasteiger partial charge on any atom is 0.162 e. The van der Waals surface area contributed by atoms with E-state index in [1.807, 2.05) is 0 Å². The number of rotatable bonds is 3. The second-order valence-corrected chi connectivity index (χ2v) is 2.23. The molecule has 0 saturated heterocycles. The van der Waals surface area contributed by atoms with Crippen LogP contribution in [0.1, 0.15) is 5.56 Å². The summed E-state index contributed by atoms with van der Waals surface area (Å²) in [7, 11) is 0. The monoisotopic (exact) mass is 151 g/mol. The van der Waals surface area contributed by atoms with Crippen LogP contribution < -0.4 is 0 Å². The average Bonchev–Trinajstić information content (AvgIpc) is 2.06. The quantitative estimate of drug-likeness (QED) is 0.670. The summed E-state index contributed by atoms with van der Waals surface area (Å²) in [5.74, 6) is -0.170. The predicted octanol–water partition coefficient (Wildman–Crippen LogP) is 0.185. The van der Waals surface area contributed by atoms with E-state index in [2.05, 4.69) is 4.98 Å². The number of carbonyl (C=O) groups is 1. The van der Waals surface area contributed by atoms with Gasteiger partial charge in [-0.3, -0.25) is 9.78 Å². The Balaban J connectivity index is 2.58. The number of ketones is 1. The molecule has 0 atom stereocenters. The molecular formula is C8H9NO2. The van der Waals surface area contributed by atoms with Gasteiger partial charge in [-0.1, -0.05) is 0 Å². The van der Waals surface area contributed by atoms with Gasteiger partial charge >= 0.3 is 0 Å². The molecule has 11 heavy (non-hydrogen) atoms. The minimum absolute atomic E-state index is 0.170. The first-order valence-electron chi connectivity index (χ1n) is 3.34. The van der Waals surface area contributed by atoms with Crippen LogP contribution in [-0.2, 0) is 11.2 Å². The van der Waals surface area contributed by atoms with Crippen LogP contribution in [0.5, 0.6) is 0 Å². The minimum atomic E-state index is -0.387. The van der Waals surface area contributed by atoms with Crippen LogP contribution in [-0.4, -0.2) is 22.5 Å². The van der Waals surface area contributed by atoms with Gasteiger partial charge in [0.25, 0.3) is 0 Å². The summed E-state index contributed by atoms with van der Waals surface area (Å²) in [5.41, 5.74) is 0.888. The molecule has 0 spiro atoms. The number of nitrogens with zero attached hydrogens (tertiary/aromatic N) is 1. The highest BCUT2D eigenvalue weighted by Crippen LogP contribution is 1.97. The third-order valence-electron chi connectivity index (χ3n) is 1.33. The van der Waals surface area contributed by atoms with Crippen LogP contribution in [0.2, 0.25) is 0 Å². The number of hydrogen-bond donors (Lipinski definition) is 1. The molecule has 1 aromatic rings. The largest absolute Gasteiger partial charge is 0.389 e. The maximum atomic E-state index is 10.7. The van der Waals surface area contributed by atoms with Crippen molar-refractivity contribution in [2.24, 2.45) is 0 Å². The number of aliphatic hydroxyl groups is 1. The number of aromatic nitrogens is 1. The normalized spacial score (nSPS) is 9.55. The molecule has 1 rings (SSSR count). The molecule has 0 aliphatic heterocycles. The molecule has 1 aromatic heterocycles. The van der Waals surface area contributed by atoms with Gasteiger partial charge in [-0.2, -0.15) is 0 Å². The van der Waals surface area contributed by atoms with E-state index in [-0.39, 0.29) is 12.4 Å². The number of pyridine rings is 1. The van der Waals surface area contributed by atoms with Crippen LogP contribution in [0, 0.1) is 0 Å². The molecule has 0 aliphatic carbocycles. The first kappa shape index (κ1) is 7.88. The molecule has 0 unspecified atom stereocenters. The van der Waals surface area contributed by atoms with E-state index in [1.54, 1.807) is 24.5 Å². The number of hydrogen-bond acceptors (Lipinski definition) is 3. The summed E-state index contributed by atoms with van der Waals surface area (Å²) >= 11 is 0. The second kappa shape index (κ2) is 3.83. The summed E-state index contributed by atoms with van der Waals surface area (Å²) in [4.78, 5) is 14.5. The fourth-order valence-electron chi connectivity index (χ4n) is 0.784. The average molecular weight is 151 g/mol. The van der Waals surface area contributed by atoms with Crippen molar-refractivity contribution in [1.82, 2.24) is 4.98 Å². The van der Waals surface area contributed by atoms with Crippen LogP contribution in [0.3, 0.4) is 0 Å². The van der Waals surface area contributed by atoms with Gasteiger partial charge in [0.15, 0.2) is 5.78 Å². The van der Waals surface area contributed by atoms with Crippen LogP contribution >= 0.6 is 0 Å². The molecule has 1 heterocycles. The predicted molar refractivity (Wildman–Crippen MR) is 40.0 cm³/mol. The summed E-state index contributed by atoms with van der Waals surface area (Å²) in [6, 6.07) is 3.51. The van der Waals surface area contributed by atoms with Crippen molar-refractivity contribution in [1.29, 1.82) is 0 Å². The Morgan fingerprint density at radius 3 is 2.64 bits per heavy atom. The Morgan fingerprint density at radius 2 is 2.09 bits per heavy atom. The van der Waals surface area contributed by atoms with E-state index in [0.717, 1.165) is 5.56 Å². The molecule has 58 valence electrons. The van der Waals surface area contributed by atoms with Crippen molar-refractivity contribution in [3.8, 4) is 0 Å². The van der Waals surface area contributed by atoms with Crippen molar-refractivity contribution in [3.05, 3.63) is 30.1 Å². The number of aliphatic hydroxyl groups excluding tert-OH is 1. The standard InChI is InChI=1S/C8H9NO2/c10-6-8(11)5-7-1-3-9-4-2-7/h1-4,10H,5-6H2. The fraction of sp³-hybridized carbons (Fsp3) is 0.250. The van der Waals surface area contributed by atoms with Crippen molar-refractivity contribution in [2.75, 3.05) is 6.61 Å². The summed E-state index contributed by atoms with van der Waals surface area (Å²) in [6.45, 7) is -0.387. The van der Waals surface area contributed by atoms with Crippen molar-refractivity contribution in [2.45, 2.75) is 6.42 Å². The van der Waals surface area contributed by atoms with Crippen molar-refractivity contribution >= 4 is 5.78 Å². The third-order valence-corrected chi connectivity index (χ3v) is 1.33.